The summed E-state index contributed by atoms with van der Waals surface area (Å²) in [5.41, 5.74) is 0.584. The molecule has 0 bridgehead atoms. The Bertz CT molecular complexity index is 588. The number of benzene rings is 1. The van der Waals surface area contributed by atoms with Crippen molar-refractivity contribution < 1.29 is 17.9 Å². The fourth-order valence-corrected chi connectivity index (χ4v) is 1.75. The summed E-state index contributed by atoms with van der Waals surface area (Å²) in [4.78, 5) is 11.6. The quantitative estimate of drug-likeness (QED) is 0.608. The van der Waals surface area contributed by atoms with Crippen molar-refractivity contribution in [2.24, 2.45) is 4.40 Å². The average Bonchev–Trinajstić information content (AvgIpc) is 2.34. The second-order valence-corrected chi connectivity index (χ2v) is 5.32. The molecule has 0 atom stereocenters. The molecule has 1 aromatic rings. The Morgan fingerprint density at radius 1 is 1.32 bits per heavy atom. The molecule has 5 nitrogen and oxygen atoms in total. The second-order valence-electron chi connectivity index (χ2n) is 3.67. The zero-order chi connectivity index (χ0) is 14.3. The predicted molar refractivity (Wildman–Crippen MR) is 74.4 cm³/mol. The van der Waals surface area contributed by atoms with Crippen LogP contribution < -0.4 is 0 Å². The molecule has 0 saturated heterocycles. The molecule has 102 valence electrons. The zero-order valence-electron chi connectivity index (χ0n) is 10.7. The number of hydrogen-bond acceptors (Lipinski definition) is 4. The highest BCUT2D eigenvalue weighted by atomic mass is 32.2. The fraction of sp³-hybridized carbons (Fsp3) is 0.231. The highest BCUT2D eigenvalue weighted by Crippen LogP contribution is 2.03. The number of carbonyl (C=O) groups excluding carboxylic acids is 1. The van der Waals surface area contributed by atoms with Gasteiger partial charge in [-0.05, 0) is 18.6 Å². The minimum Gasteiger partial charge on any atom is -0.461 e. The lowest BCUT2D eigenvalue weighted by atomic mass is 10.2. The zero-order valence-corrected chi connectivity index (χ0v) is 11.6. The maximum atomic E-state index is 11.6. The number of rotatable bonds is 5. The Balaban J connectivity index is 3.02. The summed E-state index contributed by atoms with van der Waals surface area (Å²) >= 11 is 0. The summed E-state index contributed by atoms with van der Waals surface area (Å²) in [6, 6.07) is 9.16. The Morgan fingerprint density at radius 3 is 2.47 bits per heavy atom. The molecule has 0 heterocycles. The summed E-state index contributed by atoms with van der Waals surface area (Å²) in [6.45, 7) is 1.79. The molecule has 0 fully saturated rings. The van der Waals surface area contributed by atoms with Gasteiger partial charge >= 0.3 is 5.97 Å². The van der Waals surface area contributed by atoms with Crippen LogP contribution in [0.1, 0.15) is 12.5 Å². The van der Waals surface area contributed by atoms with E-state index in [1.54, 1.807) is 13.0 Å². The molecule has 19 heavy (non-hydrogen) atoms. The van der Waals surface area contributed by atoms with E-state index >= 15 is 0 Å². The van der Waals surface area contributed by atoms with E-state index in [1.165, 1.54) is 6.08 Å². The highest BCUT2D eigenvalue weighted by Gasteiger charge is 2.12. The molecule has 1 rings (SSSR count). The predicted octanol–water partition coefficient (Wildman–Crippen LogP) is 1.66. The van der Waals surface area contributed by atoms with E-state index in [2.05, 4.69) is 4.40 Å². The van der Waals surface area contributed by atoms with Gasteiger partial charge in [-0.1, -0.05) is 36.4 Å². The van der Waals surface area contributed by atoms with Crippen molar-refractivity contribution >= 4 is 27.8 Å². The topological polar surface area (TPSA) is 72.8 Å². The Kier molecular flexibility index (Phi) is 5.44. The SMILES string of the molecule is CCOC(=O)C(/C=C/c1ccccc1)=N\S(C)(=O)=O. The molecule has 0 aliphatic carbocycles. The lowest BCUT2D eigenvalue weighted by molar-refractivity contribution is -0.134. The van der Waals surface area contributed by atoms with Crippen LogP contribution in [-0.2, 0) is 19.6 Å². The van der Waals surface area contributed by atoms with E-state index in [0.29, 0.717) is 0 Å². The molecule has 0 spiro atoms. The van der Waals surface area contributed by atoms with Crippen molar-refractivity contribution in [3.8, 4) is 0 Å². The standard InChI is InChI=1S/C13H15NO4S/c1-3-18-13(15)12(14-19(2,16)17)10-9-11-7-5-4-6-8-11/h4-10H,3H2,1-2H3/b10-9+,14-12-. The van der Waals surface area contributed by atoms with E-state index in [9.17, 15) is 13.2 Å². The van der Waals surface area contributed by atoms with Crippen LogP contribution in [0.25, 0.3) is 6.08 Å². The van der Waals surface area contributed by atoms with Gasteiger partial charge in [-0.15, -0.1) is 0 Å². The number of hydrogen-bond donors (Lipinski definition) is 0. The van der Waals surface area contributed by atoms with E-state index in [4.69, 9.17) is 4.74 Å². The van der Waals surface area contributed by atoms with Crippen molar-refractivity contribution in [3.63, 3.8) is 0 Å². The van der Waals surface area contributed by atoms with Gasteiger partial charge in [0.1, 0.15) is 0 Å². The van der Waals surface area contributed by atoms with Gasteiger partial charge in [-0.2, -0.15) is 4.40 Å². The lowest BCUT2D eigenvalue weighted by Gasteiger charge is -2.01. The van der Waals surface area contributed by atoms with Crippen molar-refractivity contribution in [3.05, 3.63) is 42.0 Å². The summed E-state index contributed by atoms with van der Waals surface area (Å²) in [7, 11) is -3.66. The molecule has 0 amide bonds. The maximum absolute atomic E-state index is 11.6. The van der Waals surface area contributed by atoms with Crippen LogP contribution in [-0.4, -0.2) is 33.0 Å². The van der Waals surface area contributed by atoms with Gasteiger partial charge < -0.3 is 4.74 Å². The summed E-state index contributed by atoms with van der Waals surface area (Å²) in [5, 5.41) is 0. The summed E-state index contributed by atoms with van der Waals surface area (Å²) in [6.07, 6.45) is 3.85. The smallest absolute Gasteiger partial charge is 0.357 e. The number of esters is 1. The first-order chi connectivity index (χ1) is 8.92. The van der Waals surface area contributed by atoms with Gasteiger partial charge in [-0.3, -0.25) is 0 Å². The van der Waals surface area contributed by atoms with Crippen LogP contribution in [0.2, 0.25) is 0 Å². The number of sulfonamides is 1. The minimum atomic E-state index is -3.66. The number of nitrogens with zero attached hydrogens (tertiary/aromatic N) is 1. The van der Waals surface area contributed by atoms with Crippen molar-refractivity contribution in [2.75, 3.05) is 12.9 Å². The van der Waals surface area contributed by atoms with Gasteiger partial charge in [0, 0.05) is 0 Å². The number of carbonyl (C=O) groups is 1. The Morgan fingerprint density at radius 2 is 1.95 bits per heavy atom. The van der Waals surface area contributed by atoms with Gasteiger partial charge in [0.15, 0.2) is 5.71 Å². The first-order valence-corrected chi connectivity index (χ1v) is 7.47. The van der Waals surface area contributed by atoms with Crippen LogP contribution >= 0.6 is 0 Å². The third kappa shape index (κ3) is 5.96. The van der Waals surface area contributed by atoms with Crippen molar-refractivity contribution in [1.82, 2.24) is 0 Å². The first-order valence-electron chi connectivity index (χ1n) is 5.62. The minimum absolute atomic E-state index is 0.154. The fourth-order valence-electron chi connectivity index (χ4n) is 1.26. The molecule has 0 N–H and O–H groups in total. The van der Waals surface area contributed by atoms with Crippen LogP contribution in [0.3, 0.4) is 0 Å². The summed E-state index contributed by atoms with van der Waals surface area (Å²) < 4.78 is 30.4. The maximum Gasteiger partial charge on any atom is 0.357 e. The molecule has 6 heteroatoms. The molecule has 1 aromatic carbocycles. The van der Waals surface area contributed by atoms with Gasteiger partial charge in [0.05, 0.1) is 12.9 Å². The largest absolute Gasteiger partial charge is 0.461 e. The van der Waals surface area contributed by atoms with Gasteiger partial charge in [0.2, 0.25) is 0 Å². The lowest BCUT2D eigenvalue weighted by Crippen LogP contribution is -2.17. The molecule has 0 aliphatic rings. The van der Waals surface area contributed by atoms with E-state index in [-0.39, 0.29) is 12.3 Å². The molecule has 0 unspecified atom stereocenters. The Hall–Kier alpha value is -1.95. The normalized spacial score (nSPS) is 12.6. The highest BCUT2D eigenvalue weighted by molar-refractivity contribution is 7.89. The third-order valence-corrected chi connectivity index (χ3v) is 2.51. The summed E-state index contributed by atoms with van der Waals surface area (Å²) in [5.74, 6) is -0.764. The molecular formula is C13H15NO4S. The average molecular weight is 281 g/mol. The molecule has 0 aliphatic heterocycles. The number of ether oxygens (including phenoxy) is 1. The molecule has 0 aromatic heterocycles. The van der Waals surface area contributed by atoms with Crippen molar-refractivity contribution in [2.45, 2.75) is 6.92 Å². The molecule has 0 saturated carbocycles. The monoisotopic (exact) mass is 281 g/mol. The van der Waals surface area contributed by atoms with E-state index in [0.717, 1.165) is 11.8 Å². The van der Waals surface area contributed by atoms with E-state index < -0.39 is 16.0 Å². The van der Waals surface area contributed by atoms with Gasteiger partial charge in [-0.25, -0.2) is 13.2 Å². The van der Waals surface area contributed by atoms with E-state index in [1.807, 2.05) is 30.3 Å². The van der Waals surface area contributed by atoms with Crippen LogP contribution in [0.4, 0.5) is 0 Å². The van der Waals surface area contributed by atoms with Crippen LogP contribution in [0.5, 0.6) is 0 Å². The van der Waals surface area contributed by atoms with Crippen molar-refractivity contribution in [1.29, 1.82) is 0 Å². The third-order valence-electron chi connectivity index (χ3n) is 1.98. The van der Waals surface area contributed by atoms with Gasteiger partial charge in [0.25, 0.3) is 10.0 Å². The molecular weight excluding hydrogens is 266 g/mol. The molecule has 0 radical (unpaired) electrons. The second kappa shape index (κ2) is 6.84. The first kappa shape index (κ1) is 15.1. The van der Waals surface area contributed by atoms with Crippen LogP contribution in [0.15, 0.2) is 40.8 Å². The Labute approximate surface area is 112 Å². The van der Waals surface area contributed by atoms with Crippen LogP contribution in [0, 0.1) is 0 Å².